The van der Waals surface area contributed by atoms with Crippen molar-refractivity contribution in [3.05, 3.63) is 11.3 Å². The van der Waals surface area contributed by atoms with Gasteiger partial charge < -0.3 is 16.0 Å². The van der Waals surface area contributed by atoms with Gasteiger partial charge in [0, 0.05) is 31.5 Å². The van der Waals surface area contributed by atoms with Crippen LogP contribution >= 0.6 is 11.6 Å². The van der Waals surface area contributed by atoms with Gasteiger partial charge in [-0.15, -0.1) is 0 Å². The molecule has 0 aromatic carbocycles. The van der Waals surface area contributed by atoms with Crippen molar-refractivity contribution in [1.29, 1.82) is 0 Å². The molecule has 2 saturated heterocycles. The molecule has 2 aliphatic heterocycles. The Morgan fingerprint density at radius 3 is 3.05 bits per heavy atom. The molecule has 1 amide bonds. The van der Waals surface area contributed by atoms with Gasteiger partial charge in [0.25, 0.3) is 0 Å². The van der Waals surface area contributed by atoms with E-state index in [1.54, 1.807) is 0 Å². The summed E-state index contributed by atoms with van der Waals surface area (Å²) >= 11 is 6.18. The number of nitrogens with one attached hydrogen (secondary N) is 1. The molecule has 3 N–H and O–H groups in total. The zero-order valence-corrected chi connectivity index (χ0v) is 11.3. The molecule has 6 nitrogen and oxygen atoms in total. The van der Waals surface area contributed by atoms with Crippen LogP contribution in [-0.4, -0.2) is 35.5 Å². The molecule has 1 aromatic heterocycles. The van der Waals surface area contributed by atoms with Crippen LogP contribution < -0.4 is 16.0 Å². The maximum absolute atomic E-state index is 11.5. The van der Waals surface area contributed by atoms with E-state index in [1.165, 1.54) is 6.33 Å². The minimum Gasteiger partial charge on any atom is -0.382 e. The van der Waals surface area contributed by atoms with E-state index in [-0.39, 0.29) is 11.3 Å². The lowest BCUT2D eigenvalue weighted by Gasteiger charge is -2.40. The van der Waals surface area contributed by atoms with Crippen molar-refractivity contribution >= 4 is 29.1 Å². The second-order valence-corrected chi connectivity index (χ2v) is 5.75. The standard InChI is InChI=1S/C12H16ClN5O/c13-9-10(14)16-7-17-11(9)18-3-1-2-12(6-18)4-8(19)15-5-12/h7H,1-6H2,(H,15,19)(H2,14,16,17). The minimum absolute atomic E-state index is 0.0123. The molecule has 2 fully saturated rings. The Kier molecular flexibility index (Phi) is 2.97. The van der Waals surface area contributed by atoms with E-state index < -0.39 is 0 Å². The van der Waals surface area contributed by atoms with Gasteiger partial charge in [0.05, 0.1) is 0 Å². The minimum atomic E-state index is 0.0123. The van der Waals surface area contributed by atoms with Gasteiger partial charge in [-0.3, -0.25) is 4.79 Å². The van der Waals surface area contributed by atoms with E-state index in [0.29, 0.717) is 23.1 Å². The first-order chi connectivity index (χ1) is 9.10. The zero-order valence-electron chi connectivity index (χ0n) is 10.5. The number of hydrogen-bond acceptors (Lipinski definition) is 5. The Balaban J connectivity index is 1.86. The molecule has 1 atom stereocenters. The van der Waals surface area contributed by atoms with Gasteiger partial charge in [-0.25, -0.2) is 9.97 Å². The topological polar surface area (TPSA) is 84.1 Å². The van der Waals surface area contributed by atoms with Crippen molar-refractivity contribution in [2.45, 2.75) is 19.3 Å². The first-order valence-corrected chi connectivity index (χ1v) is 6.75. The van der Waals surface area contributed by atoms with Crippen LogP contribution in [-0.2, 0) is 4.79 Å². The second kappa shape index (κ2) is 4.52. The van der Waals surface area contributed by atoms with Gasteiger partial charge in [-0.1, -0.05) is 11.6 Å². The van der Waals surface area contributed by atoms with E-state index in [1.807, 2.05) is 0 Å². The molecule has 19 heavy (non-hydrogen) atoms. The molecular weight excluding hydrogens is 266 g/mol. The fourth-order valence-corrected chi connectivity index (χ4v) is 3.24. The molecule has 2 aliphatic rings. The molecule has 0 aliphatic carbocycles. The van der Waals surface area contributed by atoms with Crippen molar-refractivity contribution in [3.63, 3.8) is 0 Å². The highest BCUT2D eigenvalue weighted by atomic mass is 35.5. The van der Waals surface area contributed by atoms with Gasteiger partial charge in [0.1, 0.15) is 17.2 Å². The number of nitrogens with two attached hydrogens (primary N) is 1. The van der Waals surface area contributed by atoms with Crippen molar-refractivity contribution in [2.75, 3.05) is 30.3 Å². The first kappa shape index (κ1) is 12.5. The van der Waals surface area contributed by atoms with E-state index in [9.17, 15) is 4.79 Å². The predicted octanol–water partition coefficient (Wildman–Crippen LogP) is 0.819. The largest absolute Gasteiger partial charge is 0.382 e. The van der Waals surface area contributed by atoms with Crippen molar-refractivity contribution in [3.8, 4) is 0 Å². The summed E-state index contributed by atoms with van der Waals surface area (Å²) in [5.74, 6) is 1.11. The van der Waals surface area contributed by atoms with Gasteiger partial charge in [-0.2, -0.15) is 0 Å². The Bertz CT molecular complexity index is 523. The number of halogens is 1. The highest BCUT2D eigenvalue weighted by molar-refractivity contribution is 6.35. The second-order valence-electron chi connectivity index (χ2n) is 5.38. The third-order valence-corrected chi connectivity index (χ3v) is 4.32. The van der Waals surface area contributed by atoms with Crippen molar-refractivity contribution < 1.29 is 4.79 Å². The highest BCUT2D eigenvalue weighted by Crippen LogP contribution is 2.39. The lowest BCUT2D eigenvalue weighted by molar-refractivity contribution is -0.119. The summed E-state index contributed by atoms with van der Waals surface area (Å²) in [6.07, 6.45) is 4.09. The lowest BCUT2D eigenvalue weighted by Crippen LogP contribution is -2.45. The van der Waals surface area contributed by atoms with Crippen LogP contribution in [0.3, 0.4) is 0 Å². The monoisotopic (exact) mass is 281 g/mol. The summed E-state index contributed by atoms with van der Waals surface area (Å²) in [6.45, 7) is 2.40. The SMILES string of the molecule is Nc1ncnc(N2CCCC3(CNC(=O)C3)C2)c1Cl. The average molecular weight is 282 g/mol. The summed E-state index contributed by atoms with van der Waals surface area (Å²) in [6, 6.07) is 0. The van der Waals surface area contributed by atoms with Crippen LogP contribution in [0.5, 0.6) is 0 Å². The first-order valence-electron chi connectivity index (χ1n) is 6.37. The number of hydrogen-bond donors (Lipinski definition) is 2. The summed E-state index contributed by atoms with van der Waals surface area (Å²) in [7, 11) is 0. The van der Waals surface area contributed by atoms with E-state index in [4.69, 9.17) is 17.3 Å². The summed E-state index contributed by atoms with van der Waals surface area (Å²) in [4.78, 5) is 21.7. The smallest absolute Gasteiger partial charge is 0.220 e. The Morgan fingerprint density at radius 1 is 1.47 bits per heavy atom. The normalized spacial score (nSPS) is 26.8. The number of nitrogen functional groups attached to an aromatic ring is 1. The van der Waals surface area contributed by atoms with E-state index >= 15 is 0 Å². The van der Waals surface area contributed by atoms with Crippen LogP contribution in [0.4, 0.5) is 11.6 Å². The Hall–Kier alpha value is -1.56. The number of carbonyl (C=O) groups is 1. The Morgan fingerprint density at radius 2 is 2.32 bits per heavy atom. The van der Waals surface area contributed by atoms with Crippen LogP contribution in [0, 0.1) is 5.41 Å². The molecular formula is C12H16ClN5O. The van der Waals surface area contributed by atoms with Crippen LogP contribution in [0.15, 0.2) is 6.33 Å². The molecule has 0 saturated carbocycles. The quantitative estimate of drug-likeness (QED) is 0.796. The number of carbonyl (C=O) groups excluding carboxylic acids is 1. The fraction of sp³-hybridized carbons (Fsp3) is 0.583. The summed E-state index contributed by atoms with van der Waals surface area (Å²) < 4.78 is 0. The average Bonchev–Trinajstić information content (AvgIpc) is 2.74. The van der Waals surface area contributed by atoms with Gasteiger partial charge in [-0.05, 0) is 12.8 Å². The van der Waals surface area contributed by atoms with Gasteiger partial charge >= 0.3 is 0 Å². The van der Waals surface area contributed by atoms with Gasteiger partial charge in [0.2, 0.25) is 5.91 Å². The Labute approximate surface area is 116 Å². The fourth-order valence-electron chi connectivity index (χ4n) is 3.02. The molecule has 7 heteroatoms. The highest BCUT2D eigenvalue weighted by Gasteiger charge is 2.42. The van der Waals surface area contributed by atoms with Crippen molar-refractivity contribution in [2.24, 2.45) is 5.41 Å². The third-order valence-electron chi connectivity index (χ3n) is 3.96. The molecule has 0 bridgehead atoms. The molecule has 1 aromatic rings. The van der Waals surface area contributed by atoms with E-state index in [2.05, 4.69) is 20.2 Å². The van der Waals surface area contributed by atoms with Crippen molar-refractivity contribution in [1.82, 2.24) is 15.3 Å². The molecule has 102 valence electrons. The number of aromatic nitrogens is 2. The number of piperidine rings is 1. The maximum atomic E-state index is 11.5. The van der Waals surface area contributed by atoms with Gasteiger partial charge in [0.15, 0.2) is 5.82 Å². The number of nitrogens with zero attached hydrogens (tertiary/aromatic N) is 3. The summed E-state index contributed by atoms with van der Waals surface area (Å²) in [5, 5.41) is 3.32. The molecule has 1 spiro atoms. The van der Waals surface area contributed by atoms with Crippen LogP contribution in [0.1, 0.15) is 19.3 Å². The molecule has 3 heterocycles. The summed E-state index contributed by atoms with van der Waals surface area (Å²) in [5.41, 5.74) is 5.73. The zero-order chi connectivity index (χ0) is 13.5. The predicted molar refractivity (Wildman–Crippen MR) is 73.0 cm³/mol. The van der Waals surface area contributed by atoms with Crippen LogP contribution in [0.25, 0.3) is 0 Å². The molecule has 3 rings (SSSR count). The molecule has 0 radical (unpaired) electrons. The lowest BCUT2D eigenvalue weighted by atomic mass is 9.79. The molecule has 1 unspecified atom stereocenters. The van der Waals surface area contributed by atoms with Crippen LogP contribution in [0.2, 0.25) is 5.02 Å². The number of anilines is 2. The van der Waals surface area contributed by atoms with E-state index in [0.717, 1.165) is 32.5 Å². The third kappa shape index (κ3) is 2.20. The number of rotatable bonds is 1. The maximum Gasteiger partial charge on any atom is 0.220 e. The number of amides is 1.